The van der Waals surface area contributed by atoms with E-state index in [1.807, 2.05) is 0 Å². The minimum Gasteiger partial charge on any atom is -0.103 e. The van der Waals surface area contributed by atoms with Gasteiger partial charge in [0, 0.05) is 0 Å². The van der Waals surface area contributed by atoms with Crippen LogP contribution in [0.15, 0.2) is 98.2 Å². The van der Waals surface area contributed by atoms with E-state index in [0.29, 0.717) is 10.8 Å². The van der Waals surface area contributed by atoms with Gasteiger partial charge in [-0.2, -0.15) is 0 Å². The van der Waals surface area contributed by atoms with Gasteiger partial charge in [-0.25, -0.2) is 0 Å². The zero-order valence-corrected chi connectivity index (χ0v) is 40.5. The minimum atomic E-state index is 0.528. The Balaban J connectivity index is 0.0000000851. The topological polar surface area (TPSA) is 0 Å². The standard InChI is InChI=1S/3C16H22.C15H20/c1-4-12-7-11-9-16(12,3)14-13(11)10-5-6-15(14,2)8-10;1-4-10-7-13-9(3)14(10)16-12-6-5-11(8(12)2)15(13)16;1-3-9(2)13-7-12-8-14(13)16-11-5-4-10(6-11)15(12)16;1-8(2)12-6-11-7-13(12)15-10-4-3-9(5-10)14(11)15/h4-6,10-14H,1,7-9H2,2-3H3;4-6,8-16H,1,7H2,2-3H3;4-5,10-16H,2-3,6-8H2,1H3;3-4,9-15H,1,5-7H2,2H3. The Kier molecular flexibility index (Phi) is 9.29. The third-order valence-corrected chi connectivity index (χ3v) is 25.5. The van der Waals surface area contributed by atoms with E-state index in [1.165, 1.54) is 76.2 Å². The van der Waals surface area contributed by atoms with Gasteiger partial charge in [-0.3, -0.25) is 0 Å². The molecule has 0 aromatic carbocycles. The van der Waals surface area contributed by atoms with E-state index in [1.54, 1.807) is 5.57 Å². The lowest BCUT2D eigenvalue weighted by molar-refractivity contribution is 0.0560. The summed E-state index contributed by atoms with van der Waals surface area (Å²) in [6.07, 6.45) is 40.8. The van der Waals surface area contributed by atoms with Gasteiger partial charge >= 0.3 is 0 Å². The summed E-state index contributed by atoms with van der Waals surface area (Å²) in [5, 5.41) is 0. The van der Waals surface area contributed by atoms with E-state index in [-0.39, 0.29) is 0 Å². The van der Waals surface area contributed by atoms with Crippen molar-refractivity contribution in [3.05, 3.63) is 98.2 Å². The molecule has 0 nitrogen and oxygen atoms in total. The van der Waals surface area contributed by atoms with Gasteiger partial charge in [0.1, 0.15) is 0 Å². The Labute approximate surface area is 385 Å². The molecule has 16 bridgehead atoms. The smallest absolute Gasteiger partial charge is 0.0104 e. The van der Waals surface area contributed by atoms with Crippen LogP contribution in [0.3, 0.4) is 0 Å². The molecule has 0 heteroatoms. The van der Waals surface area contributed by atoms with Crippen molar-refractivity contribution < 1.29 is 0 Å². The molecule has 0 spiro atoms. The predicted molar refractivity (Wildman–Crippen MR) is 263 cm³/mol. The quantitative estimate of drug-likeness (QED) is 0.191. The molecule has 0 radical (unpaired) electrons. The van der Waals surface area contributed by atoms with Gasteiger partial charge < -0.3 is 0 Å². The molecule has 12 fully saturated rings. The van der Waals surface area contributed by atoms with Gasteiger partial charge in [0.05, 0.1) is 0 Å². The third kappa shape index (κ3) is 5.40. The highest BCUT2D eigenvalue weighted by atomic mass is 14.7. The van der Waals surface area contributed by atoms with Crippen LogP contribution in [0.4, 0.5) is 0 Å². The summed E-state index contributed by atoms with van der Waals surface area (Å²) < 4.78 is 0. The Morgan fingerprint density at radius 3 is 1.76 bits per heavy atom. The lowest BCUT2D eigenvalue weighted by Crippen LogP contribution is -2.41. The Hall–Kier alpha value is -2.08. The van der Waals surface area contributed by atoms with Gasteiger partial charge in [0.15, 0.2) is 0 Å². The molecule has 0 saturated heterocycles. The van der Waals surface area contributed by atoms with E-state index < -0.39 is 0 Å². The minimum absolute atomic E-state index is 0.528. The predicted octanol–water partition coefficient (Wildman–Crippen LogP) is 15.5. The molecular formula is C63H86. The highest BCUT2D eigenvalue weighted by molar-refractivity contribution is 5.30. The summed E-state index contributed by atoms with van der Waals surface area (Å²) in [5.74, 6) is 27.4. The SMILES string of the molecule is C=C(C)C1CC2CC1C1C3C=CC(C3)C21.C=C(CC)C1CC2CC1C1C3C=CC(C3)C21.C=CC1CC2C(C)C1C1C3C=CC(C3C)C21.C=CC1CC2CC1(C)C1C2C2C=CC1(C)C2. The molecule has 0 amide bonds. The van der Waals surface area contributed by atoms with Gasteiger partial charge in [-0.1, -0.05) is 120 Å². The largest absolute Gasteiger partial charge is 0.103 e. The molecule has 0 aliphatic heterocycles. The Bertz CT molecular complexity index is 2050. The van der Waals surface area contributed by atoms with Crippen molar-refractivity contribution in [3.8, 4) is 0 Å². The summed E-state index contributed by atoms with van der Waals surface area (Å²) in [5.41, 5.74) is 4.12. The van der Waals surface area contributed by atoms with Crippen LogP contribution >= 0.6 is 0 Å². The van der Waals surface area contributed by atoms with Crippen LogP contribution < -0.4 is 0 Å². The second-order valence-electron chi connectivity index (χ2n) is 27.2. The van der Waals surface area contributed by atoms with Crippen molar-refractivity contribution in [2.75, 3.05) is 0 Å². The summed E-state index contributed by atoms with van der Waals surface area (Å²) >= 11 is 0. The molecule has 16 aliphatic rings. The van der Waals surface area contributed by atoms with Crippen molar-refractivity contribution in [1.82, 2.24) is 0 Å². The molecule has 30 unspecified atom stereocenters. The first kappa shape index (κ1) is 41.1. The van der Waals surface area contributed by atoms with Crippen LogP contribution in [-0.2, 0) is 0 Å². The molecule has 30 atom stereocenters. The average molecular weight is 843 g/mol. The van der Waals surface area contributed by atoms with Crippen LogP contribution in [0.5, 0.6) is 0 Å². The van der Waals surface area contributed by atoms with Crippen molar-refractivity contribution in [1.29, 1.82) is 0 Å². The summed E-state index contributed by atoms with van der Waals surface area (Å²) in [4.78, 5) is 0. The fourth-order valence-corrected chi connectivity index (χ4v) is 23.9. The molecule has 16 rings (SSSR count). The van der Waals surface area contributed by atoms with Gasteiger partial charge in [-0.05, 0) is 254 Å². The fraction of sp³-hybridized carbons (Fsp3) is 0.746. The molecule has 0 N–H and O–H groups in total. The van der Waals surface area contributed by atoms with Crippen LogP contribution in [0.2, 0.25) is 0 Å². The van der Waals surface area contributed by atoms with Crippen molar-refractivity contribution in [2.24, 2.45) is 177 Å². The first-order valence-electron chi connectivity index (χ1n) is 27.7. The Morgan fingerprint density at radius 1 is 0.556 bits per heavy atom. The number of hydrogen-bond donors (Lipinski definition) is 0. The van der Waals surface area contributed by atoms with Crippen LogP contribution in [-0.4, -0.2) is 0 Å². The summed E-state index contributed by atoms with van der Waals surface area (Å²) in [6, 6.07) is 0. The molecule has 0 aromatic heterocycles. The zero-order valence-electron chi connectivity index (χ0n) is 40.5. The van der Waals surface area contributed by atoms with Gasteiger partial charge in [0.2, 0.25) is 0 Å². The molecule has 12 saturated carbocycles. The summed E-state index contributed by atoms with van der Waals surface area (Å²) in [6.45, 7) is 31.3. The molecule has 338 valence electrons. The van der Waals surface area contributed by atoms with E-state index in [4.69, 9.17) is 0 Å². The molecule has 0 aromatic rings. The third-order valence-electron chi connectivity index (χ3n) is 25.5. The van der Waals surface area contributed by atoms with E-state index in [2.05, 4.69) is 129 Å². The highest BCUT2D eigenvalue weighted by Crippen LogP contribution is 2.76. The maximum absolute atomic E-state index is 4.33. The molecule has 0 heterocycles. The lowest BCUT2D eigenvalue weighted by Gasteiger charge is -2.46. The van der Waals surface area contributed by atoms with E-state index in [9.17, 15) is 0 Å². The van der Waals surface area contributed by atoms with Gasteiger partial charge in [-0.15, -0.1) is 13.2 Å². The maximum Gasteiger partial charge on any atom is -0.0104 e. The fourth-order valence-electron chi connectivity index (χ4n) is 23.9. The van der Waals surface area contributed by atoms with Crippen molar-refractivity contribution >= 4 is 0 Å². The normalized spacial score (nSPS) is 61.4. The van der Waals surface area contributed by atoms with Crippen molar-refractivity contribution in [2.45, 2.75) is 112 Å². The lowest BCUT2D eigenvalue weighted by atomic mass is 9.58. The van der Waals surface area contributed by atoms with E-state index in [0.717, 1.165) is 166 Å². The van der Waals surface area contributed by atoms with Gasteiger partial charge in [0.25, 0.3) is 0 Å². The van der Waals surface area contributed by atoms with Crippen molar-refractivity contribution in [3.63, 3.8) is 0 Å². The number of hydrogen-bond acceptors (Lipinski definition) is 0. The van der Waals surface area contributed by atoms with E-state index >= 15 is 0 Å². The first-order chi connectivity index (χ1) is 30.4. The Morgan fingerprint density at radius 2 is 1.16 bits per heavy atom. The maximum atomic E-state index is 4.33. The van der Waals surface area contributed by atoms with Crippen LogP contribution in [0, 0.1) is 177 Å². The van der Waals surface area contributed by atoms with Crippen LogP contribution in [0.25, 0.3) is 0 Å². The number of allylic oxidation sites excluding steroid dienone is 12. The molecule has 63 heavy (non-hydrogen) atoms. The first-order valence-corrected chi connectivity index (χ1v) is 27.7. The zero-order chi connectivity index (χ0) is 43.2. The summed E-state index contributed by atoms with van der Waals surface area (Å²) in [7, 11) is 0. The van der Waals surface area contributed by atoms with Crippen LogP contribution in [0.1, 0.15) is 112 Å². The molecule has 16 aliphatic carbocycles. The average Bonchev–Trinajstić information content (AvgIpc) is 4.11. The number of rotatable bonds is 5. The highest BCUT2D eigenvalue weighted by Gasteiger charge is 2.70. The monoisotopic (exact) mass is 843 g/mol. The molecular weight excluding hydrogens is 757 g/mol. The number of fused-ring (bicyclic) bond motifs is 36. The second kappa shape index (κ2) is 14.2. The second-order valence-corrected chi connectivity index (χ2v) is 27.2.